The number of amides is 1. The van der Waals surface area contributed by atoms with Crippen LogP contribution in [0.1, 0.15) is 39.5 Å². The van der Waals surface area contributed by atoms with Gasteiger partial charge in [0.05, 0.1) is 5.69 Å². The lowest BCUT2D eigenvalue weighted by atomic mass is 9.98. The van der Waals surface area contributed by atoms with E-state index in [2.05, 4.69) is 34.4 Å². The normalized spacial score (nSPS) is 17.6. The minimum absolute atomic E-state index is 0. The average molecular weight is 529 g/mol. The summed E-state index contributed by atoms with van der Waals surface area (Å²) in [5, 5.41) is 6.84. The second kappa shape index (κ2) is 11.7. The number of piperidine rings is 1. The molecule has 1 amide bonds. The predicted octanol–water partition coefficient (Wildman–Crippen LogP) is 2.85. The molecule has 2 heterocycles. The molecule has 1 aromatic rings. The Kier molecular flexibility index (Phi) is 9.67. The van der Waals surface area contributed by atoms with E-state index in [0.717, 1.165) is 36.9 Å². The second-order valence-corrected chi connectivity index (χ2v) is 8.37. The third kappa shape index (κ3) is 6.47. The van der Waals surface area contributed by atoms with E-state index in [9.17, 15) is 4.79 Å². The molecule has 1 fully saturated rings. The summed E-state index contributed by atoms with van der Waals surface area (Å²) < 4.78 is 5.50. The van der Waals surface area contributed by atoms with Crippen molar-refractivity contribution in [1.82, 2.24) is 15.5 Å². The van der Waals surface area contributed by atoms with Crippen molar-refractivity contribution in [2.24, 2.45) is 4.99 Å². The number of fused-ring (bicyclic) bond motifs is 1. The number of nitrogens with zero attached hydrogens (tertiary/aromatic N) is 3. The smallest absolute Gasteiger partial charge is 0.265 e. The maximum atomic E-state index is 12.2. The van der Waals surface area contributed by atoms with Gasteiger partial charge < -0.3 is 20.3 Å². The fourth-order valence-corrected chi connectivity index (χ4v) is 3.97. The van der Waals surface area contributed by atoms with Crippen molar-refractivity contribution in [2.45, 2.75) is 45.1 Å². The summed E-state index contributed by atoms with van der Waals surface area (Å²) >= 11 is 0. The van der Waals surface area contributed by atoms with E-state index in [0.29, 0.717) is 6.54 Å². The summed E-state index contributed by atoms with van der Waals surface area (Å²) in [6.45, 7) is 9.30. The summed E-state index contributed by atoms with van der Waals surface area (Å²) in [7, 11) is 1.80. The van der Waals surface area contributed by atoms with Crippen molar-refractivity contribution in [2.75, 3.05) is 51.3 Å². The molecule has 2 aliphatic rings. The van der Waals surface area contributed by atoms with E-state index in [1.165, 1.54) is 32.4 Å². The van der Waals surface area contributed by atoms with Gasteiger partial charge in [0.2, 0.25) is 0 Å². The molecule has 168 valence electrons. The van der Waals surface area contributed by atoms with Crippen LogP contribution in [0.15, 0.2) is 29.3 Å². The van der Waals surface area contributed by atoms with Crippen LogP contribution in [0.25, 0.3) is 0 Å². The average Bonchev–Trinajstić information content (AvgIpc) is 2.75. The first-order chi connectivity index (χ1) is 14.0. The molecule has 0 unspecified atom stereocenters. The number of guanidine groups is 1. The van der Waals surface area contributed by atoms with E-state index in [1.807, 2.05) is 29.2 Å². The Morgan fingerprint density at radius 2 is 1.90 bits per heavy atom. The number of benzene rings is 1. The largest absolute Gasteiger partial charge is 0.482 e. The zero-order valence-electron chi connectivity index (χ0n) is 18.4. The molecule has 1 aromatic carbocycles. The summed E-state index contributed by atoms with van der Waals surface area (Å²) in [5.41, 5.74) is 0.955. The molecule has 30 heavy (non-hydrogen) atoms. The van der Waals surface area contributed by atoms with Gasteiger partial charge in [-0.3, -0.25) is 14.7 Å². The highest BCUT2D eigenvalue weighted by Gasteiger charge is 2.28. The van der Waals surface area contributed by atoms with Crippen molar-refractivity contribution < 1.29 is 9.53 Å². The Hall–Kier alpha value is -1.55. The first-order valence-electron chi connectivity index (χ1n) is 10.7. The summed E-state index contributed by atoms with van der Waals surface area (Å²) in [5.74, 6) is 1.59. The highest BCUT2D eigenvalue weighted by Crippen LogP contribution is 2.31. The van der Waals surface area contributed by atoms with E-state index in [-0.39, 0.29) is 42.0 Å². The van der Waals surface area contributed by atoms with Gasteiger partial charge >= 0.3 is 0 Å². The van der Waals surface area contributed by atoms with Crippen molar-refractivity contribution in [1.29, 1.82) is 0 Å². The van der Waals surface area contributed by atoms with Gasteiger partial charge in [-0.25, -0.2) is 0 Å². The molecular formula is C22H36IN5O2. The highest BCUT2D eigenvalue weighted by molar-refractivity contribution is 14.0. The number of carbonyl (C=O) groups excluding carboxylic acids is 1. The minimum atomic E-state index is 0. The van der Waals surface area contributed by atoms with Gasteiger partial charge in [0.25, 0.3) is 5.91 Å². The predicted molar refractivity (Wildman–Crippen MR) is 133 cm³/mol. The monoisotopic (exact) mass is 529 g/mol. The minimum Gasteiger partial charge on any atom is -0.482 e. The lowest BCUT2D eigenvalue weighted by Gasteiger charge is -2.41. The van der Waals surface area contributed by atoms with Gasteiger partial charge in [0.15, 0.2) is 12.6 Å². The molecule has 2 N–H and O–H groups in total. The molecule has 0 aromatic heterocycles. The number of ether oxygens (including phenoxy) is 1. The second-order valence-electron chi connectivity index (χ2n) is 8.37. The number of halogens is 1. The van der Waals surface area contributed by atoms with Crippen LogP contribution >= 0.6 is 24.0 Å². The van der Waals surface area contributed by atoms with Crippen LogP contribution in [0.4, 0.5) is 5.69 Å². The number of likely N-dealkylation sites (tertiary alicyclic amines) is 1. The Balaban J connectivity index is 0.00000320. The SMILES string of the molecule is CN=C(NCCCN1C(=O)COc2ccccc21)NCC(C)(C)N1CCCCC1.I. The van der Waals surface area contributed by atoms with Gasteiger partial charge in [-0.1, -0.05) is 18.6 Å². The summed E-state index contributed by atoms with van der Waals surface area (Å²) in [4.78, 5) is 21.0. The van der Waals surface area contributed by atoms with Gasteiger partial charge in [0, 0.05) is 32.2 Å². The number of hydrogen-bond donors (Lipinski definition) is 2. The van der Waals surface area contributed by atoms with Crippen LogP contribution in [-0.2, 0) is 4.79 Å². The quantitative estimate of drug-likeness (QED) is 0.246. The van der Waals surface area contributed by atoms with Gasteiger partial charge in [-0.15, -0.1) is 24.0 Å². The third-order valence-corrected chi connectivity index (χ3v) is 5.78. The number of anilines is 1. The fourth-order valence-electron chi connectivity index (χ4n) is 3.97. The lowest BCUT2D eigenvalue weighted by molar-refractivity contribution is -0.121. The molecule has 0 aliphatic carbocycles. The number of para-hydroxylation sites is 2. The van der Waals surface area contributed by atoms with Crippen LogP contribution in [0.2, 0.25) is 0 Å². The number of aliphatic imine (C=N–C) groups is 1. The third-order valence-electron chi connectivity index (χ3n) is 5.78. The molecule has 0 radical (unpaired) electrons. The Bertz CT molecular complexity index is 719. The zero-order valence-corrected chi connectivity index (χ0v) is 20.8. The topological polar surface area (TPSA) is 69.2 Å². The van der Waals surface area contributed by atoms with Gasteiger partial charge in [-0.2, -0.15) is 0 Å². The Morgan fingerprint density at radius 1 is 1.17 bits per heavy atom. The molecule has 0 saturated carbocycles. The van der Waals surface area contributed by atoms with Crippen LogP contribution in [-0.4, -0.2) is 68.7 Å². The molecule has 3 rings (SSSR count). The van der Waals surface area contributed by atoms with E-state index in [1.54, 1.807) is 7.05 Å². The molecule has 7 nitrogen and oxygen atoms in total. The number of hydrogen-bond acceptors (Lipinski definition) is 4. The number of carbonyl (C=O) groups is 1. The standard InChI is InChI=1S/C22H35N5O2.HI/c1-22(2,26-13-7-4-8-14-26)17-25-21(23-3)24-12-9-15-27-18-10-5-6-11-19(18)29-16-20(27)28;/h5-6,10-11H,4,7-9,12-17H2,1-3H3,(H2,23,24,25);1H. The molecule has 0 spiro atoms. The molecule has 2 aliphatic heterocycles. The van der Waals surface area contributed by atoms with Crippen LogP contribution in [0.5, 0.6) is 5.75 Å². The molecule has 0 atom stereocenters. The number of nitrogens with one attached hydrogen (secondary N) is 2. The van der Waals surface area contributed by atoms with Crippen LogP contribution in [0, 0.1) is 0 Å². The van der Waals surface area contributed by atoms with E-state index in [4.69, 9.17) is 4.74 Å². The van der Waals surface area contributed by atoms with Gasteiger partial charge in [0.1, 0.15) is 5.75 Å². The Morgan fingerprint density at radius 3 is 2.63 bits per heavy atom. The first kappa shape index (κ1) is 24.7. The fraction of sp³-hybridized carbons (Fsp3) is 0.636. The summed E-state index contributed by atoms with van der Waals surface area (Å²) in [6.07, 6.45) is 4.76. The van der Waals surface area contributed by atoms with Crippen LogP contribution < -0.4 is 20.3 Å². The van der Waals surface area contributed by atoms with Crippen molar-refractivity contribution in [3.05, 3.63) is 24.3 Å². The molecular weight excluding hydrogens is 493 g/mol. The zero-order chi connectivity index (χ0) is 20.7. The summed E-state index contributed by atoms with van der Waals surface area (Å²) in [6, 6.07) is 7.70. The van der Waals surface area contributed by atoms with Crippen molar-refractivity contribution in [3.63, 3.8) is 0 Å². The maximum absolute atomic E-state index is 12.2. The van der Waals surface area contributed by atoms with Gasteiger partial charge in [-0.05, 0) is 58.3 Å². The van der Waals surface area contributed by atoms with Crippen LogP contribution in [0.3, 0.4) is 0 Å². The molecule has 1 saturated heterocycles. The molecule has 0 bridgehead atoms. The highest BCUT2D eigenvalue weighted by atomic mass is 127. The molecule has 8 heteroatoms. The van der Waals surface area contributed by atoms with E-state index >= 15 is 0 Å². The van der Waals surface area contributed by atoms with Crippen molar-refractivity contribution >= 4 is 41.5 Å². The maximum Gasteiger partial charge on any atom is 0.265 e. The lowest BCUT2D eigenvalue weighted by Crippen LogP contribution is -2.55. The van der Waals surface area contributed by atoms with Crippen molar-refractivity contribution in [3.8, 4) is 5.75 Å². The Labute approximate surface area is 197 Å². The van der Waals surface area contributed by atoms with E-state index < -0.39 is 0 Å². The number of rotatable bonds is 7. The first-order valence-corrected chi connectivity index (χ1v) is 10.7.